The van der Waals surface area contributed by atoms with Gasteiger partial charge in [0.25, 0.3) is 0 Å². The minimum atomic E-state index is 0.699. The third kappa shape index (κ3) is 2.32. The van der Waals surface area contributed by atoms with Gasteiger partial charge in [0.1, 0.15) is 5.03 Å². The Kier molecular flexibility index (Phi) is 3.28. The third-order valence-electron chi connectivity index (χ3n) is 1.86. The van der Waals surface area contributed by atoms with Crippen LogP contribution in [0.5, 0.6) is 0 Å². The van der Waals surface area contributed by atoms with Crippen LogP contribution in [0.3, 0.4) is 0 Å². The Hall–Kier alpha value is -0.590. The molecule has 2 rings (SSSR count). The molecule has 2 aromatic rings. The lowest BCUT2D eigenvalue weighted by Crippen LogP contribution is -1.94. The van der Waals surface area contributed by atoms with Crippen LogP contribution in [0.25, 0.3) is 0 Å². The van der Waals surface area contributed by atoms with E-state index in [1.807, 2.05) is 12.3 Å². The Bertz CT molecular complexity index is 470. The average Bonchev–Trinajstić information content (AvgIpc) is 2.72. The van der Waals surface area contributed by atoms with Gasteiger partial charge in [0, 0.05) is 11.6 Å². The summed E-state index contributed by atoms with van der Waals surface area (Å²) < 4.78 is 1.93. The van der Waals surface area contributed by atoms with Gasteiger partial charge in [0.05, 0.1) is 16.4 Å². The number of rotatable bonds is 2. The van der Waals surface area contributed by atoms with Gasteiger partial charge < -0.3 is 5.73 Å². The highest BCUT2D eigenvalue weighted by Gasteiger charge is 2.09. The fourth-order valence-corrected chi connectivity index (χ4v) is 3.14. The number of nitrogens with zero attached hydrogens (tertiary/aromatic N) is 2. The molecular formula is C9H8BrN3S2. The lowest BCUT2D eigenvalue weighted by molar-refractivity contribution is 1.08. The Morgan fingerprint density at radius 1 is 1.47 bits per heavy atom. The molecule has 0 atom stereocenters. The Labute approximate surface area is 104 Å². The van der Waals surface area contributed by atoms with Crippen LogP contribution in [-0.2, 0) is 0 Å². The molecule has 0 unspecified atom stereocenters. The summed E-state index contributed by atoms with van der Waals surface area (Å²) in [5.41, 5.74) is 7.47. The molecule has 0 spiro atoms. The summed E-state index contributed by atoms with van der Waals surface area (Å²) in [6.07, 6.45) is 3.46. The molecule has 2 aromatic heterocycles. The number of hydrogen-bond donors (Lipinski definition) is 1. The minimum Gasteiger partial charge on any atom is -0.397 e. The topological polar surface area (TPSA) is 51.8 Å². The number of thiazole rings is 1. The van der Waals surface area contributed by atoms with Crippen LogP contribution >= 0.6 is 39.0 Å². The van der Waals surface area contributed by atoms with Gasteiger partial charge in [-0.25, -0.2) is 9.97 Å². The molecule has 0 aliphatic rings. The van der Waals surface area contributed by atoms with Crippen LogP contribution < -0.4 is 5.73 Å². The van der Waals surface area contributed by atoms with Crippen molar-refractivity contribution >= 4 is 44.7 Å². The van der Waals surface area contributed by atoms with Gasteiger partial charge in [-0.2, -0.15) is 0 Å². The highest BCUT2D eigenvalue weighted by Crippen LogP contribution is 2.35. The Morgan fingerprint density at radius 2 is 2.27 bits per heavy atom. The van der Waals surface area contributed by atoms with Crippen molar-refractivity contribution in [1.29, 1.82) is 0 Å². The molecule has 0 aliphatic carbocycles. The smallest absolute Gasteiger partial charge is 0.156 e. The summed E-state index contributed by atoms with van der Waals surface area (Å²) in [6.45, 7) is 1.97. The number of aromatic nitrogens is 2. The second kappa shape index (κ2) is 4.51. The lowest BCUT2D eigenvalue weighted by atomic mass is 10.3. The fraction of sp³-hybridized carbons (Fsp3) is 0.111. The number of hydrogen-bond acceptors (Lipinski definition) is 5. The van der Waals surface area contributed by atoms with E-state index >= 15 is 0 Å². The van der Waals surface area contributed by atoms with Crippen LogP contribution in [0.15, 0.2) is 31.6 Å². The standard InChI is InChI=1S/C9H8BrN3S2/c1-5-6(11)4-13-8(7(5)10)15-9-12-2-3-14-9/h2-4H,11H2,1H3. The van der Waals surface area contributed by atoms with Crippen LogP contribution in [0.1, 0.15) is 5.56 Å². The molecule has 78 valence electrons. The first kappa shape index (κ1) is 10.9. The summed E-state index contributed by atoms with van der Waals surface area (Å²) in [5, 5.41) is 2.84. The number of halogens is 1. The monoisotopic (exact) mass is 301 g/mol. The number of nitrogens with two attached hydrogens (primary N) is 1. The molecule has 0 fully saturated rings. The van der Waals surface area contributed by atoms with Crippen LogP contribution in [0.2, 0.25) is 0 Å². The molecule has 0 aliphatic heterocycles. The average molecular weight is 302 g/mol. The van der Waals surface area contributed by atoms with E-state index in [0.29, 0.717) is 5.69 Å². The Balaban J connectivity index is 2.34. The van der Waals surface area contributed by atoms with Crippen molar-refractivity contribution in [3.05, 3.63) is 27.8 Å². The maximum absolute atomic E-state index is 5.75. The maximum Gasteiger partial charge on any atom is 0.156 e. The zero-order chi connectivity index (χ0) is 10.8. The van der Waals surface area contributed by atoms with Crippen molar-refractivity contribution in [2.75, 3.05) is 5.73 Å². The minimum absolute atomic E-state index is 0.699. The molecule has 0 bridgehead atoms. The molecule has 0 amide bonds. The van der Waals surface area contributed by atoms with Crippen LogP contribution in [0, 0.1) is 6.92 Å². The van der Waals surface area contributed by atoms with Gasteiger partial charge in [-0.15, -0.1) is 11.3 Å². The first-order chi connectivity index (χ1) is 7.18. The predicted octanol–water partition coefficient (Wildman–Crippen LogP) is 3.34. The molecule has 3 nitrogen and oxygen atoms in total. The summed E-state index contributed by atoms with van der Waals surface area (Å²) in [5.74, 6) is 0. The maximum atomic E-state index is 5.75. The molecule has 6 heteroatoms. The van der Waals surface area contributed by atoms with Crippen molar-refractivity contribution < 1.29 is 0 Å². The quantitative estimate of drug-likeness (QED) is 0.924. The second-order valence-corrected chi connectivity index (χ2v) is 5.78. The normalized spacial score (nSPS) is 10.5. The van der Waals surface area contributed by atoms with E-state index in [1.54, 1.807) is 23.7 Å². The molecule has 0 radical (unpaired) electrons. The summed E-state index contributed by atoms with van der Waals surface area (Å²) in [7, 11) is 0. The molecular weight excluding hydrogens is 294 g/mol. The van der Waals surface area contributed by atoms with Gasteiger partial charge in [-0.3, -0.25) is 0 Å². The zero-order valence-electron chi connectivity index (χ0n) is 7.90. The van der Waals surface area contributed by atoms with Gasteiger partial charge in [0.2, 0.25) is 0 Å². The summed E-state index contributed by atoms with van der Waals surface area (Å²) >= 11 is 6.62. The Morgan fingerprint density at radius 3 is 2.93 bits per heavy atom. The molecule has 2 heterocycles. The van der Waals surface area contributed by atoms with E-state index in [2.05, 4.69) is 25.9 Å². The lowest BCUT2D eigenvalue weighted by Gasteiger charge is -2.06. The van der Waals surface area contributed by atoms with Gasteiger partial charge in [-0.05, 0) is 40.2 Å². The van der Waals surface area contributed by atoms with E-state index in [4.69, 9.17) is 5.73 Å². The van der Waals surface area contributed by atoms with Gasteiger partial charge in [0.15, 0.2) is 4.34 Å². The highest BCUT2D eigenvalue weighted by molar-refractivity contribution is 9.10. The molecule has 0 saturated heterocycles. The number of nitrogen functional groups attached to an aromatic ring is 1. The van der Waals surface area contributed by atoms with Crippen molar-refractivity contribution in [1.82, 2.24) is 9.97 Å². The van der Waals surface area contributed by atoms with E-state index in [0.717, 1.165) is 19.4 Å². The molecule has 2 N–H and O–H groups in total. The van der Waals surface area contributed by atoms with Gasteiger partial charge >= 0.3 is 0 Å². The molecule has 15 heavy (non-hydrogen) atoms. The summed E-state index contributed by atoms with van der Waals surface area (Å²) in [6, 6.07) is 0. The van der Waals surface area contributed by atoms with E-state index in [-0.39, 0.29) is 0 Å². The van der Waals surface area contributed by atoms with Crippen molar-refractivity contribution in [2.24, 2.45) is 0 Å². The van der Waals surface area contributed by atoms with Crippen molar-refractivity contribution in [3.63, 3.8) is 0 Å². The van der Waals surface area contributed by atoms with Crippen LogP contribution in [-0.4, -0.2) is 9.97 Å². The molecule has 0 saturated carbocycles. The van der Waals surface area contributed by atoms with E-state index in [9.17, 15) is 0 Å². The zero-order valence-corrected chi connectivity index (χ0v) is 11.1. The first-order valence-electron chi connectivity index (χ1n) is 4.16. The van der Waals surface area contributed by atoms with E-state index < -0.39 is 0 Å². The van der Waals surface area contributed by atoms with Crippen molar-refractivity contribution in [3.8, 4) is 0 Å². The van der Waals surface area contributed by atoms with Gasteiger partial charge in [-0.1, -0.05) is 0 Å². The first-order valence-corrected chi connectivity index (χ1v) is 6.65. The summed E-state index contributed by atoms with van der Waals surface area (Å²) in [4.78, 5) is 8.47. The molecule has 0 aromatic carbocycles. The number of anilines is 1. The predicted molar refractivity (Wildman–Crippen MR) is 67.3 cm³/mol. The highest BCUT2D eigenvalue weighted by atomic mass is 79.9. The second-order valence-electron chi connectivity index (χ2n) is 2.86. The number of pyridine rings is 1. The largest absolute Gasteiger partial charge is 0.397 e. The van der Waals surface area contributed by atoms with E-state index in [1.165, 1.54) is 11.8 Å². The fourth-order valence-electron chi connectivity index (χ4n) is 0.983. The van der Waals surface area contributed by atoms with Crippen molar-refractivity contribution in [2.45, 2.75) is 16.3 Å². The SMILES string of the molecule is Cc1c(N)cnc(Sc2nccs2)c1Br. The third-order valence-corrected chi connectivity index (χ3v) is 4.98. The van der Waals surface area contributed by atoms with Crippen LogP contribution in [0.4, 0.5) is 5.69 Å².